The van der Waals surface area contributed by atoms with E-state index < -0.39 is 0 Å². The molecule has 0 bridgehead atoms. The second-order valence-corrected chi connectivity index (χ2v) is 7.85. The lowest BCUT2D eigenvalue weighted by atomic mass is 10.1. The van der Waals surface area contributed by atoms with Crippen molar-refractivity contribution in [2.75, 3.05) is 22.9 Å². The minimum atomic E-state index is -0.138. The van der Waals surface area contributed by atoms with Gasteiger partial charge in [0.25, 0.3) is 5.56 Å². The molecule has 150 valence electrons. The summed E-state index contributed by atoms with van der Waals surface area (Å²) in [6.45, 7) is 4.00. The Hall–Kier alpha value is -2.12. The molecule has 0 atom stereocenters. The minimum absolute atomic E-state index is 0.138. The van der Waals surface area contributed by atoms with Crippen molar-refractivity contribution in [1.29, 1.82) is 0 Å². The summed E-state index contributed by atoms with van der Waals surface area (Å²) in [5.41, 5.74) is 4.36. The largest absolute Gasteiger partial charge is 0.353 e. The zero-order valence-corrected chi connectivity index (χ0v) is 18.4. The molecule has 2 heterocycles. The van der Waals surface area contributed by atoms with Crippen molar-refractivity contribution < 1.29 is 0 Å². The topological polar surface area (TPSA) is 66.0 Å². The minimum Gasteiger partial charge on any atom is -0.353 e. The number of anilines is 3. The van der Waals surface area contributed by atoms with Crippen LogP contribution in [0.5, 0.6) is 0 Å². The molecule has 2 N–H and O–H groups in total. The van der Waals surface area contributed by atoms with Crippen LogP contribution >= 0.6 is 23.5 Å². The first kappa shape index (κ1) is 20.6. The molecule has 28 heavy (non-hydrogen) atoms. The predicted octanol–water partition coefficient (Wildman–Crippen LogP) is 5.28. The molecule has 1 fully saturated rings. The Morgan fingerprint density at radius 2 is 2.00 bits per heavy atom. The van der Waals surface area contributed by atoms with Gasteiger partial charge in [0.1, 0.15) is 10.5 Å². The number of nitrogens with zero attached hydrogens (tertiary/aromatic N) is 3. The lowest BCUT2D eigenvalue weighted by molar-refractivity contribution is 0.748. The monoisotopic (exact) mass is 419 g/mol. The number of H-pyrrole nitrogens is 1. The van der Waals surface area contributed by atoms with Crippen molar-refractivity contribution in [3.05, 3.63) is 45.3 Å². The van der Waals surface area contributed by atoms with Crippen LogP contribution in [0.3, 0.4) is 0 Å². The molecule has 0 aliphatic heterocycles. The molecule has 1 aliphatic rings. The Morgan fingerprint density at radius 1 is 1.29 bits per heavy atom. The van der Waals surface area contributed by atoms with Gasteiger partial charge in [0, 0.05) is 20.4 Å². The van der Waals surface area contributed by atoms with E-state index in [1.165, 1.54) is 23.1 Å². The summed E-state index contributed by atoms with van der Waals surface area (Å²) >= 11 is 7.80. The Kier molecular flexibility index (Phi) is 6.25. The van der Waals surface area contributed by atoms with Crippen LogP contribution in [0.4, 0.5) is 17.1 Å². The van der Waals surface area contributed by atoms with Crippen LogP contribution in [-0.2, 0) is 7.05 Å². The van der Waals surface area contributed by atoms with Crippen molar-refractivity contribution in [2.45, 2.75) is 32.6 Å². The highest BCUT2D eigenvalue weighted by Gasteiger charge is 2.25. The van der Waals surface area contributed by atoms with Crippen molar-refractivity contribution in [2.24, 2.45) is 7.05 Å². The zero-order valence-electron chi connectivity index (χ0n) is 16.8. The lowest BCUT2D eigenvalue weighted by Gasteiger charge is -2.21. The Morgan fingerprint density at radius 3 is 2.64 bits per heavy atom. The van der Waals surface area contributed by atoms with E-state index >= 15 is 0 Å². The standard InChI is InChI=1S/C18H20ClN5OS.C2H6/c1-23-18(25)16-13(9-15(19)21-17(16)22-23)20-12-7-6-11(10-4-5-10)8-14(12)24(2)26-3;1-2/h6-10H,4-5H2,1-3H3,(H2,20,21,22);1-2H3. The maximum Gasteiger partial charge on any atom is 0.277 e. The zero-order chi connectivity index (χ0) is 20.4. The number of rotatable bonds is 5. The normalized spacial score (nSPS) is 13.2. The number of nitrogens with one attached hydrogen (secondary N) is 2. The second-order valence-electron chi connectivity index (χ2n) is 6.55. The van der Waals surface area contributed by atoms with E-state index in [2.05, 4.69) is 37.9 Å². The number of hydrogen-bond acceptors (Lipinski definition) is 5. The first-order chi connectivity index (χ1) is 13.5. The van der Waals surface area contributed by atoms with E-state index in [9.17, 15) is 4.79 Å². The molecule has 1 saturated carbocycles. The molecule has 0 radical (unpaired) electrons. The van der Waals surface area contributed by atoms with E-state index in [4.69, 9.17) is 11.6 Å². The van der Waals surface area contributed by atoms with Crippen molar-refractivity contribution in [1.82, 2.24) is 14.8 Å². The number of fused-ring (bicyclic) bond motifs is 1. The first-order valence-electron chi connectivity index (χ1n) is 9.42. The van der Waals surface area contributed by atoms with Gasteiger partial charge in [-0.2, -0.15) is 0 Å². The summed E-state index contributed by atoms with van der Waals surface area (Å²) < 4.78 is 3.52. The lowest BCUT2D eigenvalue weighted by Crippen LogP contribution is -2.13. The highest BCUT2D eigenvalue weighted by atomic mass is 35.5. The number of aromatic nitrogens is 3. The summed E-state index contributed by atoms with van der Waals surface area (Å²) in [5, 5.41) is 7.16. The highest BCUT2D eigenvalue weighted by molar-refractivity contribution is 7.99. The van der Waals surface area contributed by atoms with Crippen LogP contribution in [-0.4, -0.2) is 28.1 Å². The molecule has 0 spiro atoms. The van der Waals surface area contributed by atoms with Gasteiger partial charge in [0.15, 0.2) is 5.65 Å². The maximum absolute atomic E-state index is 12.5. The third kappa shape index (κ3) is 4.00. The van der Waals surface area contributed by atoms with Crippen LogP contribution in [0.15, 0.2) is 29.1 Å². The smallest absolute Gasteiger partial charge is 0.277 e. The van der Waals surface area contributed by atoms with Crippen LogP contribution in [0, 0.1) is 0 Å². The molecule has 6 nitrogen and oxygen atoms in total. The summed E-state index contributed by atoms with van der Waals surface area (Å²) in [4.78, 5) is 16.7. The molecular formula is C20H26ClN5OS. The van der Waals surface area contributed by atoms with Gasteiger partial charge in [0.05, 0.1) is 17.1 Å². The Labute approximate surface area is 174 Å². The Balaban J connectivity index is 0.00000109. The molecule has 0 unspecified atom stereocenters. The van der Waals surface area contributed by atoms with Gasteiger partial charge in [-0.05, 0) is 42.5 Å². The average molecular weight is 420 g/mol. The number of benzene rings is 1. The van der Waals surface area contributed by atoms with Crippen LogP contribution in [0.1, 0.15) is 38.2 Å². The third-order valence-corrected chi connectivity index (χ3v) is 5.67. The second kappa shape index (κ2) is 8.49. The summed E-state index contributed by atoms with van der Waals surface area (Å²) in [6, 6.07) is 8.16. The summed E-state index contributed by atoms with van der Waals surface area (Å²) in [7, 11) is 3.70. The Bertz CT molecular complexity index is 1040. The fourth-order valence-electron chi connectivity index (χ4n) is 3.12. The van der Waals surface area contributed by atoms with Gasteiger partial charge in [-0.25, -0.2) is 4.98 Å². The predicted molar refractivity (Wildman–Crippen MR) is 121 cm³/mol. The fourth-order valence-corrected chi connectivity index (χ4v) is 3.66. The number of pyridine rings is 1. The van der Waals surface area contributed by atoms with Crippen molar-refractivity contribution in [3.8, 4) is 0 Å². The summed E-state index contributed by atoms with van der Waals surface area (Å²) in [5.74, 6) is 0.678. The van der Waals surface area contributed by atoms with Gasteiger partial charge < -0.3 is 9.62 Å². The molecule has 1 aromatic carbocycles. The van der Waals surface area contributed by atoms with E-state index in [1.807, 2.05) is 27.2 Å². The number of hydrogen-bond donors (Lipinski definition) is 2. The molecule has 8 heteroatoms. The van der Waals surface area contributed by atoms with E-state index in [0.29, 0.717) is 27.8 Å². The number of aryl methyl sites for hydroxylation is 1. The summed E-state index contributed by atoms with van der Waals surface area (Å²) in [6.07, 6.45) is 4.56. The van der Waals surface area contributed by atoms with Gasteiger partial charge in [0.2, 0.25) is 0 Å². The quantitative estimate of drug-likeness (QED) is 0.435. The van der Waals surface area contributed by atoms with Gasteiger partial charge in [-0.3, -0.25) is 14.6 Å². The van der Waals surface area contributed by atoms with Gasteiger partial charge in [-0.15, -0.1) is 0 Å². The molecular weight excluding hydrogens is 394 g/mol. The molecule has 0 saturated heterocycles. The average Bonchev–Trinajstić information content (AvgIpc) is 3.49. The van der Waals surface area contributed by atoms with Gasteiger partial charge in [-0.1, -0.05) is 43.5 Å². The van der Waals surface area contributed by atoms with Gasteiger partial charge >= 0.3 is 0 Å². The fraction of sp³-hybridized carbons (Fsp3) is 0.400. The maximum atomic E-state index is 12.5. The van der Waals surface area contributed by atoms with E-state index in [1.54, 1.807) is 25.1 Å². The molecule has 1 aliphatic carbocycles. The van der Waals surface area contributed by atoms with Crippen LogP contribution < -0.4 is 15.2 Å². The molecule has 4 rings (SSSR count). The molecule has 0 amide bonds. The van der Waals surface area contributed by atoms with Crippen molar-refractivity contribution in [3.63, 3.8) is 0 Å². The van der Waals surface area contributed by atoms with E-state index in [-0.39, 0.29) is 5.56 Å². The van der Waals surface area contributed by atoms with Crippen LogP contribution in [0.2, 0.25) is 5.15 Å². The SMILES string of the molecule is CC.CSN(C)c1cc(C2CC2)ccc1Nc1cc(Cl)nc2[nH]n(C)c(=O)c12. The van der Waals surface area contributed by atoms with Crippen LogP contribution in [0.25, 0.3) is 11.0 Å². The third-order valence-electron chi connectivity index (χ3n) is 4.73. The van der Waals surface area contributed by atoms with Crippen molar-refractivity contribution >= 4 is 51.6 Å². The highest BCUT2D eigenvalue weighted by Crippen LogP contribution is 2.43. The number of halogens is 1. The molecule has 3 aromatic rings. The first-order valence-corrected chi connectivity index (χ1v) is 11.0. The molecule has 2 aromatic heterocycles. The number of aromatic amines is 1. The van der Waals surface area contributed by atoms with E-state index in [0.717, 1.165) is 11.4 Å².